The van der Waals surface area contributed by atoms with Crippen LogP contribution in [0.25, 0.3) is 0 Å². The minimum absolute atomic E-state index is 0.0364. The molecule has 5 nitrogen and oxygen atoms in total. The number of nitrogens with one attached hydrogen (secondary N) is 1. The van der Waals surface area contributed by atoms with Gasteiger partial charge in [0.25, 0.3) is 5.88 Å². The van der Waals surface area contributed by atoms with E-state index in [0.717, 1.165) is 6.20 Å². The lowest BCUT2D eigenvalue weighted by Crippen LogP contribution is -2.11. The molecule has 0 aromatic carbocycles. The van der Waals surface area contributed by atoms with Crippen LogP contribution in [0.3, 0.4) is 0 Å². The summed E-state index contributed by atoms with van der Waals surface area (Å²) in [5, 5.41) is 10.6. The van der Waals surface area contributed by atoms with Crippen molar-refractivity contribution in [3.63, 3.8) is 0 Å². The molecule has 0 bridgehead atoms. The zero-order valence-electron chi connectivity index (χ0n) is 7.53. The maximum atomic E-state index is 11.1. The molecule has 1 N–H and O–H groups in total. The summed E-state index contributed by atoms with van der Waals surface area (Å²) in [5.74, 6) is -0.816. The number of rotatable bonds is 3. The summed E-state index contributed by atoms with van der Waals surface area (Å²) in [5.41, 5.74) is 0. The monoisotopic (exact) mass is 183 g/mol. The number of aromatic nitrogens is 2. The fourth-order valence-corrected chi connectivity index (χ4v) is 0.720. The fraction of sp³-hybridized carbons (Fsp3) is 0.500. The second-order valence-electron chi connectivity index (χ2n) is 3.08. The van der Waals surface area contributed by atoms with Crippen LogP contribution in [0.2, 0.25) is 0 Å². The third-order valence-corrected chi connectivity index (χ3v) is 1.30. The van der Waals surface area contributed by atoms with Crippen LogP contribution in [-0.4, -0.2) is 22.5 Å². The molecule has 1 rings (SSSR count). The zero-order valence-corrected chi connectivity index (χ0v) is 7.53. The third kappa shape index (κ3) is 2.77. The van der Waals surface area contributed by atoms with Gasteiger partial charge >= 0.3 is 5.97 Å². The first kappa shape index (κ1) is 9.57. The van der Waals surface area contributed by atoms with Gasteiger partial charge in [0.05, 0.1) is 12.8 Å². The molecule has 0 aliphatic rings. The maximum absolute atomic E-state index is 11.1. The van der Waals surface area contributed by atoms with E-state index in [1.807, 2.05) is 13.8 Å². The van der Waals surface area contributed by atoms with E-state index in [-0.39, 0.29) is 11.7 Å². The molecular formula is C8H11N2O3. The Morgan fingerprint density at radius 3 is 2.85 bits per heavy atom. The molecule has 1 heterocycles. The average Bonchev–Trinajstić information content (AvgIpc) is 2.47. The van der Waals surface area contributed by atoms with E-state index in [1.165, 1.54) is 0 Å². The predicted molar refractivity (Wildman–Crippen MR) is 43.8 cm³/mol. The van der Waals surface area contributed by atoms with Crippen LogP contribution in [0.5, 0.6) is 5.88 Å². The Hall–Kier alpha value is -1.52. The molecule has 71 valence electrons. The van der Waals surface area contributed by atoms with Crippen molar-refractivity contribution in [2.75, 3.05) is 6.61 Å². The summed E-state index contributed by atoms with van der Waals surface area (Å²) in [6, 6.07) is 0. The number of nitrogens with zero attached hydrogens (tertiary/aromatic N) is 1. The highest BCUT2D eigenvalue weighted by atomic mass is 16.5. The second kappa shape index (κ2) is 3.93. The lowest BCUT2D eigenvalue weighted by atomic mass is 10.2. The van der Waals surface area contributed by atoms with Gasteiger partial charge in [0.2, 0.25) is 5.82 Å². The van der Waals surface area contributed by atoms with Crippen LogP contribution in [0.15, 0.2) is 6.20 Å². The number of hydrogen-bond donors (Lipinski definition) is 1. The summed E-state index contributed by atoms with van der Waals surface area (Å²) in [4.78, 5) is 16.9. The van der Waals surface area contributed by atoms with Gasteiger partial charge in [-0.05, 0) is 5.92 Å². The molecule has 0 aliphatic carbocycles. The maximum Gasteiger partial charge on any atom is 0.374 e. The van der Waals surface area contributed by atoms with Gasteiger partial charge in [0.1, 0.15) is 0 Å². The number of hydrogen-bond acceptors (Lipinski definition) is 3. The van der Waals surface area contributed by atoms with Crippen molar-refractivity contribution < 1.29 is 14.6 Å². The largest absolute Gasteiger partial charge is 0.460 e. The molecule has 0 unspecified atom stereocenters. The minimum atomic E-state index is -0.587. The number of imidazole rings is 1. The van der Waals surface area contributed by atoms with Crippen molar-refractivity contribution in [3.05, 3.63) is 12.0 Å². The Morgan fingerprint density at radius 2 is 2.38 bits per heavy atom. The zero-order chi connectivity index (χ0) is 9.84. The highest BCUT2D eigenvalue weighted by molar-refractivity contribution is 5.85. The molecular weight excluding hydrogens is 172 g/mol. The van der Waals surface area contributed by atoms with Gasteiger partial charge in [-0.3, -0.25) is 5.11 Å². The number of esters is 1. The molecule has 1 radical (unpaired) electrons. The van der Waals surface area contributed by atoms with Crippen LogP contribution in [0.1, 0.15) is 24.5 Å². The van der Waals surface area contributed by atoms with Gasteiger partial charge in [-0.2, -0.15) is 4.98 Å². The van der Waals surface area contributed by atoms with Crippen molar-refractivity contribution in [3.8, 4) is 5.88 Å². The quantitative estimate of drug-likeness (QED) is 0.719. The number of aromatic amines is 1. The van der Waals surface area contributed by atoms with Crippen molar-refractivity contribution in [1.82, 2.24) is 9.97 Å². The molecule has 0 spiro atoms. The van der Waals surface area contributed by atoms with Gasteiger partial charge in [-0.15, -0.1) is 0 Å². The third-order valence-electron chi connectivity index (χ3n) is 1.30. The Kier molecular flexibility index (Phi) is 2.89. The van der Waals surface area contributed by atoms with E-state index in [9.17, 15) is 9.90 Å². The van der Waals surface area contributed by atoms with Crippen LogP contribution in [0, 0.1) is 5.92 Å². The first-order valence-corrected chi connectivity index (χ1v) is 3.99. The van der Waals surface area contributed by atoms with Gasteiger partial charge in [-0.25, -0.2) is 4.79 Å². The molecule has 13 heavy (non-hydrogen) atoms. The second-order valence-corrected chi connectivity index (χ2v) is 3.08. The van der Waals surface area contributed by atoms with E-state index >= 15 is 0 Å². The van der Waals surface area contributed by atoms with E-state index in [2.05, 4.69) is 9.97 Å². The number of carbonyl (C=O) groups excluding carboxylic acids is 1. The molecule has 0 fully saturated rings. The highest BCUT2D eigenvalue weighted by Crippen LogP contribution is 2.05. The van der Waals surface area contributed by atoms with E-state index < -0.39 is 11.8 Å². The molecule has 5 heteroatoms. The summed E-state index contributed by atoms with van der Waals surface area (Å²) in [6.07, 6.45) is 1.12. The minimum Gasteiger partial charge on any atom is -0.460 e. The predicted octanol–water partition coefficient (Wildman–Crippen LogP) is 1.37. The Morgan fingerprint density at radius 1 is 1.69 bits per heavy atom. The van der Waals surface area contributed by atoms with Gasteiger partial charge in [0, 0.05) is 0 Å². The number of carbonyl (C=O) groups is 1. The van der Waals surface area contributed by atoms with Crippen LogP contribution < -0.4 is 0 Å². The van der Waals surface area contributed by atoms with Crippen molar-refractivity contribution in [2.45, 2.75) is 13.8 Å². The van der Waals surface area contributed by atoms with Crippen LogP contribution in [0.4, 0.5) is 0 Å². The Bertz CT molecular complexity index is 293. The van der Waals surface area contributed by atoms with E-state index in [4.69, 9.17) is 4.74 Å². The van der Waals surface area contributed by atoms with Crippen LogP contribution in [-0.2, 0) is 9.84 Å². The van der Waals surface area contributed by atoms with Crippen LogP contribution >= 0.6 is 0 Å². The van der Waals surface area contributed by atoms with Crippen molar-refractivity contribution in [1.29, 1.82) is 0 Å². The molecule has 0 amide bonds. The standard InChI is InChI=1S/C8H11N2O3/c1-5(2)4-13-8(12)7-9-3-6(11)10-7/h3,5H,4H2,1-2H3,(H,9,10). The first-order valence-electron chi connectivity index (χ1n) is 3.99. The smallest absolute Gasteiger partial charge is 0.374 e. The summed E-state index contributed by atoms with van der Waals surface area (Å²) in [7, 11) is 0. The molecule has 0 saturated carbocycles. The summed E-state index contributed by atoms with van der Waals surface area (Å²) < 4.78 is 4.83. The highest BCUT2D eigenvalue weighted by Gasteiger charge is 2.12. The normalized spacial score (nSPS) is 10.4. The topological polar surface area (TPSA) is 74.9 Å². The first-order chi connectivity index (χ1) is 6.09. The molecule has 1 aromatic rings. The number of ether oxygens (including phenoxy) is 1. The van der Waals surface area contributed by atoms with E-state index in [0.29, 0.717) is 6.61 Å². The number of H-pyrrole nitrogens is 1. The van der Waals surface area contributed by atoms with Gasteiger partial charge in [0.15, 0.2) is 0 Å². The molecule has 1 aromatic heterocycles. The lowest BCUT2D eigenvalue weighted by Gasteiger charge is -2.04. The summed E-state index contributed by atoms with van der Waals surface area (Å²) in [6.45, 7) is 4.18. The Labute approximate surface area is 75.8 Å². The molecule has 0 saturated heterocycles. The van der Waals surface area contributed by atoms with Gasteiger partial charge in [-0.1, -0.05) is 13.8 Å². The van der Waals surface area contributed by atoms with Gasteiger partial charge < -0.3 is 9.72 Å². The summed E-state index contributed by atoms with van der Waals surface area (Å²) >= 11 is 0. The van der Waals surface area contributed by atoms with Crippen molar-refractivity contribution >= 4 is 5.97 Å². The fourth-order valence-electron chi connectivity index (χ4n) is 0.720. The molecule has 0 atom stereocenters. The van der Waals surface area contributed by atoms with E-state index in [1.54, 1.807) is 0 Å². The average molecular weight is 183 g/mol. The van der Waals surface area contributed by atoms with Crippen molar-refractivity contribution in [2.24, 2.45) is 5.92 Å². The Balaban J connectivity index is 2.49. The molecule has 0 aliphatic heterocycles. The SMILES string of the molecule is CC(C)COC(=O)c1nc([O])c[nH]1. The lowest BCUT2D eigenvalue weighted by molar-refractivity contribution is 0.0445.